The molecule has 1 unspecified atom stereocenters. The van der Waals surface area contributed by atoms with Gasteiger partial charge in [0.2, 0.25) is 0 Å². The van der Waals surface area contributed by atoms with Crippen LogP contribution in [0.2, 0.25) is 0 Å². The van der Waals surface area contributed by atoms with Crippen LogP contribution < -0.4 is 4.90 Å². The maximum absolute atomic E-state index is 15.9. The monoisotopic (exact) mass is 527 g/mol. The minimum atomic E-state index is -4.11. The van der Waals surface area contributed by atoms with Crippen molar-refractivity contribution in [3.8, 4) is 11.1 Å². The molecule has 4 aromatic rings. The Labute approximate surface area is 216 Å². The molecule has 1 N–H and O–H groups in total. The number of hydrogen-bond acceptors (Lipinski definition) is 7. The Hall–Kier alpha value is -3.90. The summed E-state index contributed by atoms with van der Waals surface area (Å²) in [7, 11) is 2.09. The molecule has 2 aromatic carbocycles. The minimum absolute atomic E-state index is 0.429. The van der Waals surface area contributed by atoms with E-state index in [-0.39, 0.29) is 0 Å². The molecule has 0 amide bonds. The molecule has 198 valence electrons. The van der Waals surface area contributed by atoms with Gasteiger partial charge in [0.05, 0.1) is 6.54 Å². The van der Waals surface area contributed by atoms with Gasteiger partial charge in [0.1, 0.15) is 23.7 Å². The van der Waals surface area contributed by atoms with Gasteiger partial charge in [0.15, 0.2) is 5.60 Å². The van der Waals surface area contributed by atoms with Crippen LogP contribution in [0.25, 0.3) is 11.1 Å². The molecule has 0 spiro atoms. The van der Waals surface area contributed by atoms with Crippen LogP contribution in [0.4, 0.5) is 23.2 Å². The van der Waals surface area contributed by atoms with Gasteiger partial charge < -0.3 is 14.9 Å². The summed E-state index contributed by atoms with van der Waals surface area (Å²) < 4.78 is 60.9. The van der Waals surface area contributed by atoms with E-state index >= 15 is 8.78 Å². The van der Waals surface area contributed by atoms with Crippen LogP contribution in [-0.4, -0.2) is 68.4 Å². The number of alkyl halides is 2. The Bertz CT molecular complexity index is 1380. The SMILES string of the molecule is CN1CCN(c2ccc(-c3ccc(C(F)(F)C(O)(Cn4cnnn4)c4ccc(F)cc4F)nc3)cc2)CC1. The van der Waals surface area contributed by atoms with E-state index < -0.39 is 41.0 Å². The average molecular weight is 528 g/mol. The van der Waals surface area contributed by atoms with Crippen molar-refractivity contribution in [2.24, 2.45) is 0 Å². The number of benzene rings is 2. The molecule has 1 aliphatic heterocycles. The Kier molecular flexibility index (Phi) is 6.84. The molecule has 2 aromatic heterocycles. The van der Waals surface area contributed by atoms with Crippen molar-refractivity contribution in [3.05, 3.63) is 90.0 Å². The summed E-state index contributed by atoms with van der Waals surface area (Å²) >= 11 is 0. The van der Waals surface area contributed by atoms with Crippen LogP contribution in [0.1, 0.15) is 11.3 Å². The normalized spacial score (nSPS) is 16.4. The van der Waals surface area contributed by atoms with Gasteiger partial charge in [-0.2, -0.15) is 8.78 Å². The third-order valence-corrected chi connectivity index (χ3v) is 6.83. The second-order valence-corrected chi connectivity index (χ2v) is 9.34. The van der Waals surface area contributed by atoms with Gasteiger partial charge in [-0.25, -0.2) is 13.5 Å². The van der Waals surface area contributed by atoms with Gasteiger partial charge in [0, 0.05) is 55.3 Å². The second kappa shape index (κ2) is 10.1. The van der Waals surface area contributed by atoms with Gasteiger partial charge in [0.25, 0.3) is 0 Å². The fourth-order valence-corrected chi connectivity index (χ4v) is 4.56. The van der Waals surface area contributed by atoms with Gasteiger partial charge in [-0.15, -0.1) is 5.10 Å². The summed E-state index contributed by atoms with van der Waals surface area (Å²) in [5.41, 5.74) is -2.35. The Morgan fingerprint density at radius 1 is 0.921 bits per heavy atom. The lowest BCUT2D eigenvalue weighted by Crippen LogP contribution is -2.48. The highest BCUT2D eigenvalue weighted by atomic mass is 19.3. The number of piperazine rings is 1. The molecule has 12 heteroatoms. The Morgan fingerprint density at radius 3 is 2.24 bits per heavy atom. The number of tetrazole rings is 1. The smallest absolute Gasteiger partial charge is 0.323 e. The number of aromatic nitrogens is 5. The lowest BCUT2D eigenvalue weighted by Gasteiger charge is -2.35. The highest BCUT2D eigenvalue weighted by molar-refractivity contribution is 5.66. The number of nitrogens with zero attached hydrogens (tertiary/aromatic N) is 7. The first-order valence-electron chi connectivity index (χ1n) is 11.9. The first kappa shape index (κ1) is 25.7. The van der Waals surface area contributed by atoms with Crippen molar-refractivity contribution in [1.82, 2.24) is 30.1 Å². The van der Waals surface area contributed by atoms with Crippen LogP contribution in [0.15, 0.2) is 67.1 Å². The van der Waals surface area contributed by atoms with Crippen molar-refractivity contribution in [3.63, 3.8) is 0 Å². The van der Waals surface area contributed by atoms with Crippen molar-refractivity contribution in [2.75, 3.05) is 38.1 Å². The summed E-state index contributed by atoms with van der Waals surface area (Å²) in [6.07, 6.45) is 2.28. The van der Waals surface area contributed by atoms with Crippen molar-refractivity contribution in [1.29, 1.82) is 0 Å². The number of hydrogen-bond donors (Lipinski definition) is 1. The molecule has 0 radical (unpaired) electrons. The van der Waals surface area contributed by atoms with Crippen LogP contribution in [-0.2, 0) is 18.1 Å². The third kappa shape index (κ3) is 4.84. The quantitative estimate of drug-likeness (QED) is 0.369. The average Bonchev–Trinajstić information content (AvgIpc) is 3.42. The number of likely N-dealkylation sites (N-methyl/N-ethyl adjacent to an activating group) is 1. The van der Waals surface area contributed by atoms with Crippen LogP contribution in [0.3, 0.4) is 0 Å². The summed E-state index contributed by atoms with van der Waals surface area (Å²) in [4.78, 5) is 8.48. The first-order valence-corrected chi connectivity index (χ1v) is 11.9. The van der Waals surface area contributed by atoms with Gasteiger partial charge >= 0.3 is 5.92 Å². The lowest BCUT2D eigenvalue weighted by molar-refractivity contribution is -0.207. The molecule has 0 aliphatic carbocycles. The van der Waals surface area contributed by atoms with Crippen molar-refractivity contribution < 1.29 is 22.7 Å². The summed E-state index contributed by atoms with van der Waals surface area (Å²) in [5, 5.41) is 21.6. The summed E-state index contributed by atoms with van der Waals surface area (Å²) in [5.74, 6) is -6.42. The molecular weight excluding hydrogens is 502 g/mol. The molecule has 0 bridgehead atoms. The van der Waals surface area contributed by atoms with E-state index in [0.29, 0.717) is 11.6 Å². The summed E-state index contributed by atoms with van der Waals surface area (Å²) in [6.45, 7) is 2.88. The predicted molar refractivity (Wildman–Crippen MR) is 131 cm³/mol. The Morgan fingerprint density at radius 2 is 1.63 bits per heavy atom. The van der Waals surface area contributed by atoms with E-state index in [1.165, 1.54) is 12.3 Å². The van der Waals surface area contributed by atoms with E-state index in [0.717, 1.165) is 66.6 Å². The molecule has 0 saturated carbocycles. The lowest BCUT2D eigenvalue weighted by atomic mass is 9.84. The number of halogens is 4. The highest BCUT2D eigenvalue weighted by Gasteiger charge is 2.58. The molecule has 3 heterocycles. The summed E-state index contributed by atoms with van der Waals surface area (Å²) in [6, 6.07) is 12.3. The zero-order chi connectivity index (χ0) is 26.9. The molecule has 8 nitrogen and oxygen atoms in total. The van der Waals surface area contributed by atoms with Crippen LogP contribution in [0, 0.1) is 11.6 Å². The fourth-order valence-electron chi connectivity index (χ4n) is 4.56. The first-order chi connectivity index (χ1) is 18.2. The standard InChI is InChI=1S/C26H25F4N7O/c1-35-10-12-36(13-11-35)21-6-2-18(3-7-21)19-4-9-24(31-15-19)26(29,30)25(38,16-37-17-32-33-34-37)22-8-5-20(27)14-23(22)28/h2-9,14-15,17,38H,10-13,16H2,1H3. The topological polar surface area (TPSA) is 83.2 Å². The molecule has 38 heavy (non-hydrogen) atoms. The fraction of sp³-hybridized carbons (Fsp3) is 0.308. The number of pyridine rings is 1. The maximum Gasteiger partial charge on any atom is 0.323 e. The van der Waals surface area contributed by atoms with E-state index in [2.05, 4.69) is 37.4 Å². The molecule has 1 saturated heterocycles. The highest BCUT2D eigenvalue weighted by Crippen LogP contribution is 2.46. The molecule has 1 atom stereocenters. The molecule has 1 fully saturated rings. The number of anilines is 1. The Balaban J connectivity index is 1.43. The van der Waals surface area contributed by atoms with Crippen molar-refractivity contribution >= 4 is 5.69 Å². The van der Waals surface area contributed by atoms with E-state index in [4.69, 9.17) is 0 Å². The zero-order valence-corrected chi connectivity index (χ0v) is 20.5. The van der Waals surface area contributed by atoms with Crippen molar-refractivity contribution in [2.45, 2.75) is 18.1 Å². The van der Waals surface area contributed by atoms with Gasteiger partial charge in [-0.05, 0) is 53.4 Å². The maximum atomic E-state index is 15.9. The van der Waals surface area contributed by atoms with Gasteiger partial charge in [-0.1, -0.05) is 18.2 Å². The molecule has 1 aliphatic rings. The molecular formula is C26H25F4N7O. The largest absolute Gasteiger partial charge is 0.377 e. The zero-order valence-electron chi connectivity index (χ0n) is 20.5. The predicted octanol–water partition coefficient (Wildman–Crippen LogP) is 3.44. The molecule has 5 rings (SSSR count). The number of rotatable bonds is 7. The van der Waals surface area contributed by atoms with Crippen LogP contribution in [0.5, 0.6) is 0 Å². The van der Waals surface area contributed by atoms with E-state index in [1.54, 1.807) is 0 Å². The van der Waals surface area contributed by atoms with Gasteiger partial charge in [-0.3, -0.25) is 4.98 Å². The number of aliphatic hydroxyl groups is 1. The van der Waals surface area contributed by atoms with Crippen LogP contribution >= 0.6 is 0 Å². The van der Waals surface area contributed by atoms with E-state index in [1.807, 2.05) is 24.3 Å². The second-order valence-electron chi connectivity index (χ2n) is 9.34. The van der Waals surface area contributed by atoms with E-state index in [9.17, 15) is 13.9 Å². The minimum Gasteiger partial charge on any atom is -0.377 e. The third-order valence-electron chi connectivity index (χ3n) is 6.83.